The number of pyridine rings is 2. The van der Waals surface area contributed by atoms with Crippen molar-refractivity contribution in [2.24, 2.45) is 0 Å². The van der Waals surface area contributed by atoms with Crippen molar-refractivity contribution in [2.45, 2.75) is 5.03 Å². The molecule has 1 amide bonds. The highest BCUT2D eigenvalue weighted by molar-refractivity contribution is 7.99. The summed E-state index contributed by atoms with van der Waals surface area (Å²) in [7, 11) is 0. The number of hydrogen-bond donors (Lipinski definition) is 1. The first-order valence-corrected chi connectivity index (χ1v) is 8.22. The van der Waals surface area contributed by atoms with Crippen LogP contribution in [0.15, 0.2) is 66.2 Å². The molecule has 0 saturated heterocycles. The molecule has 3 aromatic heterocycles. The molecule has 0 bridgehead atoms. The second-order valence-electron chi connectivity index (χ2n) is 4.78. The molecule has 0 fully saturated rings. The Morgan fingerprint density at radius 1 is 1.20 bits per heavy atom. The van der Waals surface area contributed by atoms with Gasteiger partial charge >= 0.3 is 0 Å². The molecular weight excluding hydrogens is 379 g/mol. The summed E-state index contributed by atoms with van der Waals surface area (Å²) in [5.74, 6) is 0.694. The molecule has 0 unspecified atom stereocenters. The first kappa shape index (κ1) is 21.0. The fraction of sp³-hybridized carbons (Fsp3) is 0.118. The number of carbonyl (C=O) groups excluding carboxylic acids is 1. The summed E-state index contributed by atoms with van der Waals surface area (Å²) >= 11 is 1.69. The number of amides is 1. The number of nitrogens with one attached hydrogen (secondary N) is 1. The van der Waals surface area contributed by atoms with E-state index in [0.29, 0.717) is 6.54 Å². The summed E-state index contributed by atoms with van der Waals surface area (Å²) < 4.78 is 2.04. The predicted molar refractivity (Wildman–Crippen MR) is 107 cm³/mol. The Morgan fingerprint density at radius 3 is 2.88 bits per heavy atom. The lowest BCUT2D eigenvalue weighted by Gasteiger charge is -2.05. The van der Waals surface area contributed by atoms with Gasteiger partial charge in [-0.3, -0.25) is 14.2 Å². The van der Waals surface area contributed by atoms with E-state index in [2.05, 4.69) is 15.3 Å². The second kappa shape index (κ2) is 10.8. The predicted octanol–water partition coefficient (Wildman–Crippen LogP) is 3.49. The number of thioether (sulfide) groups is 1. The lowest BCUT2D eigenvalue weighted by Crippen LogP contribution is -2.23. The number of hydrogen-bond acceptors (Lipinski definition) is 4. The van der Waals surface area contributed by atoms with E-state index >= 15 is 0 Å². The number of rotatable bonds is 6. The van der Waals surface area contributed by atoms with E-state index in [1.807, 2.05) is 40.9 Å². The van der Waals surface area contributed by atoms with Crippen LogP contribution in [-0.2, 0) is 4.79 Å². The van der Waals surface area contributed by atoms with E-state index in [9.17, 15) is 4.79 Å². The zero-order valence-electron chi connectivity index (χ0n) is 13.2. The fourth-order valence-corrected chi connectivity index (χ4v) is 2.96. The van der Waals surface area contributed by atoms with Gasteiger partial charge in [-0.15, -0.1) is 36.6 Å². The van der Waals surface area contributed by atoms with Crippen LogP contribution in [-0.4, -0.2) is 32.6 Å². The molecule has 0 radical (unpaired) electrons. The Bertz CT molecular complexity index is 824. The third kappa shape index (κ3) is 6.08. The molecule has 0 atom stereocenters. The number of fused-ring (bicyclic) bond motifs is 1. The van der Waals surface area contributed by atoms with E-state index in [1.165, 1.54) is 6.08 Å². The van der Waals surface area contributed by atoms with Gasteiger partial charge in [0.15, 0.2) is 0 Å². The molecule has 132 valence electrons. The highest BCUT2D eigenvalue weighted by atomic mass is 35.5. The summed E-state index contributed by atoms with van der Waals surface area (Å²) in [4.78, 5) is 20.0. The van der Waals surface area contributed by atoms with Crippen LogP contribution in [0.3, 0.4) is 0 Å². The number of imidazole rings is 1. The maximum atomic E-state index is 11.8. The number of aromatic nitrogens is 3. The fourth-order valence-electron chi connectivity index (χ4n) is 2.07. The topological polar surface area (TPSA) is 59.3 Å². The molecule has 5 nitrogen and oxygen atoms in total. The Hall–Kier alpha value is -2.02. The molecule has 3 aromatic rings. The van der Waals surface area contributed by atoms with E-state index in [4.69, 9.17) is 0 Å². The van der Waals surface area contributed by atoms with E-state index in [1.54, 1.807) is 36.4 Å². The van der Waals surface area contributed by atoms with Crippen LogP contribution in [0, 0.1) is 0 Å². The molecule has 3 heterocycles. The van der Waals surface area contributed by atoms with Gasteiger partial charge in [-0.25, -0.2) is 4.98 Å². The van der Waals surface area contributed by atoms with Gasteiger partial charge in [0.1, 0.15) is 5.65 Å². The van der Waals surface area contributed by atoms with E-state index < -0.39 is 0 Å². The first-order chi connectivity index (χ1) is 11.3. The third-order valence-corrected chi connectivity index (χ3v) is 4.19. The van der Waals surface area contributed by atoms with Crippen molar-refractivity contribution in [3.05, 3.63) is 66.8 Å². The first-order valence-electron chi connectivity index (χ1n) is 7.24. The van der Waals surface area contributed by atoms with Gasteiger partial charge in [-0.1, -0.05) is 12.1 Å². The minimum atomic E-state index is -0.102. The summed E-state index contributed by atoms with van der Waals surface area (Å²) in [6.07, 6.45) is 10.4. The maximum absolute atomic E-state index is 11.8. The van der Waals surface area contributed by atoms with Gasteiger partial charge in [-0.2, -0.15) is 0 Å². The van der Waals surface area contributed by atoms with Crippen LogP contribution in [0.5, 0.6) is 0 Å². The van der Waals surface area contributed by atoms with Gasteiger partial charge < -0.3 is 5.32 Å². The standard InChI is InChI=1S/C17H16N4OS.2ClH/c22-16(7-6-14-3-2-8-18-13-14)20-10-12-23-17-5-1-4-15-19-9-11-21(15)17;;/h1-9,11,13H,10,12H2,(H,20,22);2*1H/b7-6+;;. The average molecular weight is 397 g/mol. The Morgan fingerprint density at radius 2 is 2.08 bits per heavy atom. The van der Waals surface area contributed by atoms with Crippen molar-refractivity contribution < 1.29 is 4.79 Å². The van der Waals surface area contributed by atoms with Crippen LogP contribution in [0.25, 0.3) is 11.7 Å². The maximum Gasteiger partial charge on any atom is 0.244 e. The highest BCUT2D eigenvalue weighted by Crippen LogP contribution is 2.18. The molecule has 0 aliphatic carbocycles. The lowest BCUT2D eigenvalue weighted by atomic mass is 10.2. The quantitative estimate of drug-likeness (QED) is 0.393. The molecule has 0 aliphatic rings. The SMILES string of the molecule is Cl.Cl.O=C(/C=C/c1cccnc1)NCCSc1cccc2nccn12. The smallest absolute Gasteiger partial charge is 0.244 e. The Kier molecular flexibility index (Phi) is 9.05. The lowest BCUT2D eigenvalue weighted by molar-refractivity contribution is -0.116. The summed E-state index contributed by atoms with van der Waals surface area (Å²) in [5.41, 5.74) is 1.84. The van der Waals surface area contributed by atoms with E-state index in [-0.39, 0.29) is 30.7 Å². The third-order valence-electron chi connectivity index (χ3n) is 3.15. The van der Waals surface area contributed by atoms with Gasteiger partial charge in [0.25, 0.3) is 0 Å². The number of nitrogens with zero attached hydrogens (tertiary/aromatic N) is 3. The highest BCUT2D eigenvalue weighted by Gasteiger charge is 2.01. The van der Waals surface area contributed by atoms with Crippen molar-refractivity contribution in [2.75, 3.05) is 12.3 Å². The van der Waals surface area contributed by atoms with Crippen LogP contribution in [0.2, 0.25) is 0 Å². The average Bonchev–Trinajstić information content (AvgIpc) is 3.07. The van der Waals surface area contributed by atoms with E-state index in [0.717, 1.165) is 22.0 Å². The number of halogens is 2. The zero-order chi connectivity index (χ0) is 15.9. The summed E-state index contributed by atoms with van der Waals surface area (Å²) in [6.45, 7) is 0.603. The van der Waals surface area contributed by atoms with Crippen LogP contribution >= 0.6 is 36.6 Å². The van der Waals surface area contributed by atoms with Crippen molar-refractivity contribution in [1.29, 1.82) is 0 Å². The van der Waals surface area contributed by atoms with Gasteiger partial charge in [0, 0.05) is 43.2 Å². The van der Waals surface area contributed by atoms with Crippen molar-refractivity contribution in [3.8, 4) is 0 Å². The summed E-state index contributed by atoms with van der Waals surface area (Å²) in [6, 6.07) is 9.74. The van der Waals surface area contributed by atoms with Crippen LogP contribution < -0.4 is 5.32 Å². The molecule has 0 aromatic carbocycles. The molecule has 8 heteroatoms. The Labute approximate surface area is 162 Å². The summed E-state index contributed by atoms with van der Waals surface area (Å²) in [5, 5.41) is 3.98. The van der Waals surface area contributed by atoms with Gasteiger partial charge in [0.2, 0.25) is 5.91 Å². The minimum Gasteiger partial charge on any atom is -0.352 e. The zero-order valence-corrected chi connectivity index (χ0v) is 15.7. The molecule has 1 N–H and O–H groups in total. The second-order valence-corrected chi connectivity index (χ2v) is 5.89. The molecule has 0 aliphatic heterocycles. The molecule has 0 spiro atoms. The van der Waals surface area contributed by atoms with Crippen molar-refractivity contribution >= 4 is 54.2 Å². The van der Waals surface area contributed by atoms with Crippen molar-refractivity contribution in [1.82, 2.24) is 19.7 Å². The van der Waals surface area contributed by atoms with Crippen LogP contribution in [0.1, 0.15) is 5.56 Å². The largest absolute Gasteiger partial charge is 0.352 e. The molecular formula is C17H18Cl2N4OS. The monoisotopic (exact) mass is 396 g/mol. The molecule has 3 rings (SSSR count). The normalized spacial score (nSPS) is 10.2. The minimum absolute atomic E-state index is 0. The number of carbonyl (C=O) groups is 1. The molecule has 25 heavy (non-hydrogen) atoms. The molecule has 0 saturated carbocycles. The Balaban J connectivity index is 0.00000156. The van der Waals surface area contributed by atoms with Crippen LogP contribution in [0.4, 0.5) is 0 Å². The van der Waals surface area contributed by atoms with Gasteiger partial charge in [-0.05, 0) is 29.8 Å². The van der Waals surface area contributed by atoms with Gasteiger partial charge in [0.05, 0.1) is 5.03 Å². The van der Waals surface area contributed by atoms with Crippen molar-refractivity contribution in [3.63, 3.8) is 0 Å².